The van der Waals surface area contributed by atoms with Gasteiger partial charge in [-0.15, -0.1) is 0 Å². The highest BCUT2D eigenvalue weighted by atomic mass is 16.6. The zero-order chi connectivity index (χ0) is 58.5. The molecule has 458 valence electrons. The van der Waals surface area contributed by atoms with E-state index in [1.54, 1.807) is 0 Å². The van der Waals surface area contributed by atoms with E-state index in [2.05, 4.69) is 167 Å². The van der Waals surface area contributed by atoms with Crippen molar-refractivity contribution in [2.45, 2.75) is 297 Å². The molecule has 0 aliphatic carbocycles. The minimum Gasteiger partial charge on any atom is -0.462 e. The molecule has 0 radical (unpaired) electrons. The number of esters is 3. The van der Waals surface area contributed by atoms with E-state index in [4.69, 9.17) is 14.2 Å². The van der Waals surface area contributed by atoms with Gasteiger partial charge in [-0.2, -0.15) is 0 Å². The van der Waals surface area contributed by atoms with Crippen LogP contribution in [0.25, 0.3) is 0 Å². The van der Waals surface area contributed by atoms with Crippen LogP contribution in [-0.4, -0.2) is 37.2 Å². The Kier molecular flexibility index (Phi) is 63.9. The largest absolute Gasteiger partial charge is 0.462 e. The molecule has 0 aromatic heterocycles. The Bertz CT molecular complexity index is 1760. The highest BCUT2D eigenvalue weighted by molar-refractivity contribution is 5.71. The Labute approximate surface area is 499 Å². The molecule has 0 aromatic rings. The van der Waals surface area contributed by atoms with Crippen LogP contribution < -0.4 is 0 Å². The summed E-state index contributed by atoms with van der Waals surface area (Å²) in [5.74, 6) is -0.925. The van der Waals surface area contributed by atoms with Gasteiger partial charge in [0.05, 0.1) is 0 Å². The van der Waals surface area contributed by atoms with Gasteiger partial charge in [-0.3, -0.25) is 14.4 Å². The maximum atomic E-state index is 12.9. The third-order valence-corrected chi connectivity index (χ3v) is 13.8. The molecule has 1 unspecified atom stereocenters. The Morgan fingerprint density at radius 1 is 0.259 bits per heavy atom. The second kappa shape index (κ2) is 67.8. The topological polar surface area (TPSA) is 78.9 Å². The van der Waals surface area contributed by atoms with Crippen LogP contribution in [0.3, 0.4) is 0 Å². The predicted molar refractivity (Wildman–Crippen MR) is 352 cm³/mol. The zero-order valence-electron chi connectivity index (χ0n) is 52.5. The molecule has 0 bridgehead atoms. The first-order chi connectivity index (χ1) is 40.0. The fourth-order valence-electron chi connectivity index (χ4n) is 8.82. The van der Waals surface area contributed by atoms with Crippen LogP contribution in [-0.2, 0) is 28.6 Å². The number of unbranched alkanes of at least 4 members (excludes halogenated alkanes) is 24. The average Bonchev–Trinajstić information content (AvgIpc) is 3.46. The normalized spacial score (nSPS) is 13.1. The fraction of sp³-hybridized carbons (Fsp3) is 0.640. The van der Waals surface area contributed by atoms with Crippen molar-refractivity contribution in [3.8, 4) is 0 Å². The smallest absolute Gasteiger partial charge is 0.306 e. The van der Waals surface area contributed by atoms with Crippen LogP contribution in [0.2, 0.25) is 0 Å². The van der Waals surface area contributed by atoms with Crippen molar-refractivity contribution in [1.82, 2.24) is 0 Å². The second-order valence-electron chi connectivity index (χ2n) is 21.6. The summed E-state index contributed by atoms with van der Waals surface area (Å²) in [5.41, 5.74) is 0. The number of hydrogen-bond donors (Lipinski definition) is 0. The molecular weight excluding hydrogens is 997 g/mol. The minimum atomic E-state index is -0.798. The number of ether oxygens (including phenoxy) is 3. The summed E-state index contributed by atoms with van der Waals surface area (Å²) in [6, 6.07) is 0. The van der Waals surface area contributed by atoms with Crippen molar-refractivity contribution in [2.24, 2.45) is 0 Å². The Hall–Kier alpha value is -4.71. The first-order valence-electron chi connectivity index (χ1n) is 33.3. The van der Waals surface area contributed by atoms with Gasteiger partial charge in [0.2, 0.25) is 0 Å². The third kappa shape index (κ3) is 66.0. The lowest BCUT2D eigenvalue weighted by atomic mass is 10.1. The predicted octanol–water partition coefficient (Wildman–Crippen LogP) is 23.1. The highest BCUT2D eigenvalue weighted by Crippen LogP contribution is 2.15. The summed E-state index contributed by atoms with van der Waals surface area (Å²) in [6.07, 6.45) is 97.2. The van der Waals surface area contributed by atoms with Crippen molar-refractivity contribution in [3.05, 3.63) is 146 Å². The number of hydrogen-bond acceptors (Lipinski definition) is 6. The van der Waals surface area contributed by atoms with Gasteiger partial charge in [-0.25, -0.2) is 0 Å². The van der Waals surface area contributed by atoms with E-state index < -0.39 is 6.10 Å². The molecule has 0 N–H and O–H groups in total. The maximum absolute atomic E-state index is 12.9. The third-order valence-electron chi connectivity index (χ3n) is 13.8. The minimum absolute atomic E-state index is 0.0938. The van der Waals surface area contributed by atoms with Crippen LogP contribution in [0.15, 0.2) is 146 Å². The van der Waals surface area contributed by atoms with Gasteiger partial charge in [0.1, 0.15) is 13.2 Å². The molecule has 81 heavy (non-hydrogen) atoms. The standard InChI is InChI=1S/C75H122O6/c1-4-7-10-13-16-19-22-25-27-28-29-30-31-32-33-34-35-36-37-38-39-40-41-42-43-44-45-46-48-50-53-56-59-62-65-68-74(77)80-71-72(70-79-73(76)67-64-61-58-55-52-49-24-21-18-15-12-9-6-3)81-75(78)69-66-63-60-57-54-51-47-26-23-20-17-14-11-8-5-2/h7,10,12,15-17,19-21,24-27,29-30,32-33,35-36,38-39,41-42,47,72H,4-6,8-9,11,13-14,18,22-23,28,31,34,37,40,43-46,48-71H2,1-3H3/b10-7-,15-12-,19-16-,20-17-,24-21-,27-25-,30-29-,33-32-,36-35-,39-38-,42-41-,47-26-. The van der Waals surface area contributed by atoms with E-state index in [0.717, 1.165) is 173 Å². The van der Waals surface area contributed by atoms with E-state index in [1.807, 2.05) is 0 Å². The lowest BCUT2D eigenvalue weighted by Crippen LogP contribution is -2.30. The SMILES string of the molecule is CC/C=C\C/C=C\C/C=C\C/C=C\C/C=C\C/C=C\C/C=C\C/C=C\CCCCCCCCCCCCC(=O)OCC(COC(=O)CCCCCCC/C=C\C/C=C\CCC)OC(=O)CCCCCCC/C=C\C/C=C\CCCCC. The van der Waals surface area contributed by atoms with E-state index in [1.165, 1.54) is 77.0 Å². The Morgan fingerprint density at radius 3 is 0.802 bits per heavy atom. The van der Waals surface area contributed by atoms with Gasteiger partial charge in [0.15, 0.2) is 6.10 Å². The highest BCUT2D eigenvalue weighted by Gasteiger charge is 2.19. The van der Waals surface area contributed by atoms with Gasteiger partial charge in [0.25, 0.3) is 0 Å². The molecule has 0 aromatic carbocycles. The summed E-state index contributed by atoms with van der Waals surface area (Å²) < 4.78 is 16.9. The van der Waals surface area contributed by atoms with Crippen LogP contribution >= 0.6 is 0 Å². The average molecular weight is 1120 g/mol. The molecule has 6 nitrogen and oxygen atoms in total. The fourth-order valence-corrected chi connectivity index (χ4v) is 8.82. The first kappa shape index (κ1) is 76.3. The van der Waals surface area contributed by atoms with E-state index in [0.29, 0.717) is 19.3 Å². The quantitative estimate of drug-likeness (QED) is 0.0261. The summed E-state index contributed by atoms with van der Waals surface area (Å²) >= 11 is 0. The lowest BCUT2D eigenvalue weighted by Gasteiger charge is -2.18. The van der Waals surface area contributed by atoms with E-state index in [-0.39, 0.29) is 31.1 Å². The zero-order valence-corrected chi connectivity index (χ0v) is 52.5. The summed E-state index contributed by atoms with van der Waals surface area (Å²) in [6.45, 7) is 6.41. The summed E-state index contributed by atoms with van der Waals surface area (Å²) in [5, 5.41) is 0. The van der Waals surface area contributed by atoms with Gasteiger partial charge >= 0.3 is 17.9 Å². The molecule has 0 fully saturated rings. The lowest BCUT2D eigenvalue weighted by molar-refractivity contribution is -0.167. The number of carbonyl (C=O) groups is 3. The van der Waals surface area contributed by atoms with Crippen molar-refractivity contribution < 1.29 is 28.6 Å². The molecule has 0 spiro atoms. The van der Waals surface area contributed by atoms with Crippen molar-refractivity contribution in [2.75, 3.05) is 13.2 Å². The molecule has 0 heterocycles. The van der Waals surface area contributed by atoms with E-state index in [9.17, 15) is 14.4 Å². The summed E-state index contributed by atoms with van der Waals surface area (Å²) in [4.78, 5) is 38.3. The molecule has 0 aliphatic heterocycles. The van der Waals surface area contributed by atoms with Gasteiger partial charge in [-0.05, 0) is 141 Å². The van der Waals surface area contributed by atoms with Crippen LogP contribution in [0.5, 0.6) is 0 Å². The molecule has 0 aliphatic rings. The van der Waals surface area contributed by atoms with Gasteiger partial charge in [0, 0.05) is 19.3 Å². The van der Waals surface area contributed by atoms with Crippen LogP contribution in [0, 0.1) is 0 Å². The van der Waals surface area contributed by atoms with Gasteiger partial charge in [-0.1, -0.05) is 276 Å². The molecule has 0 rings (SSSR count). The molecule has 6 heteroatoms. The molecule has 0 amide bonds. The Morgan fingerprint density at radius 2 is 0.506 bits per heavy atom. The van der Waals surface area contributed by atoms with Crippen LogP contribution in [0.1, 0.15) is 290 Å². The first-order valence-corrected chi connectivity index (χ1v) is 33.3. The van der Waals surface area contributed by atoms with Crippen molar-refractivity contribution in [3.63, 3.8) is 0 Å². The monoisotopic (exact) mass is 1120 g/mol. The van der Waals surface area contributed by atoms with Crippen molar-refractivity contribution >= 4 is 17.9 Å². The molecular formula is C75H122O6. The van der Waals surface area contributed by atoms with Crippen molar-refractivity contribution in [1.29, 1.82) is 0 Å². The number of rotatable bonds is 59. The second-order valence-corrected chi connectivity index (χ2v) is 21.6. The van der Waals surface area contributed by atoms with E-state index >= 15 is 0 Å². The Balaban J connectivity index is 4.24. The van der Waals surface area contributed by atoms with Gasteiger partial charge < -0.3 is 14.2 Å². The maximum Gasteiger partial charge on any atom is 0.306 e. The number of carbonyl (C=O) groups excluding carboxylic acids is 3. The summed E-state index contributed by atoms with van der Waals surface area (Å²) in [7, 11) is 0. The van der Waals surface area contributed by atoms with Crippen LogP contribution in [0.4, 0.5) is 0 Å². The number of allylic oxidation sites excluding steroid dienone is 24. The molecule has 0 saturated carbocycles. The molecule has 0 saturated heterocycles. The molecule has 1 atom stereocenters.